The molecule has 0 aliphatic carbocycles. The molecule has 0 spiro atoms. The Balaban J connectivity index is 3.13. The Morgan fingerprint density at radius 3 is 2.29 bits per heavy atom. The Morgan fingerprint density at radius 2 is 1.71 bits per heavy atom. The van der Waals surface area contributed by atoms with E-state index in [2.05, 4.69) is 14.5 Å². The minimum absolute atomic E-state index is 0.560. The summed E-state index contributed by atoms with van der Waals surface area (Å²) in [6.45, 7) is 1.02. The molecule has 1 N–H and O–H groups in total. The van der Waals surface area contributed by atoms with Gasteiger partial charge >= 0.3 is 23.9 Å². The maximum Gasteiger partial charge on any atom is 0.421 e. The van der Waals surface area contributed by atoms with Crippen molar-refractivity contribution < 1.29 is 38.8 Å². The molecule has 0 aromatic heterocycles. The quantitative estimate of drug-likeness (QED) is 0.370. The van der Waals surface area contributed by atoms with Crippen LogP contribution in [0.15, 0.2) is 23.5 Å². The third-order valence-corrected chi connectivity index (χ3v) is 1.60. The van der Waals surface area contributed by atoms with Crippen molar-refractivity contribution in [3.63, 3.8) is 0 Å². The molecule has 0 amide bonds. The van der Waals surface area contributed by atoms with E-state index in [9.17, 15) is 19.2 Å². The van der Waals surface area contributed by atoms with Gasteiger partial charge < -0.3 is 9.84 Å². The molecule has 0 fully saturated rings. The van der Waals surface area contributed by atoms with Gasteiger partial charge in [-0.3, -0.25) is 0 Å². The lowest BCUT2D eigenvalue weighted by Crippen LogP contribution is -2.17. The van der Waals surface area contributed by atoms with Crippen molar-refractivity contribution in [1.82, 2.24) is 0 Å². The predicted octanol–water partition coefficient (Wildman–Crippen LogP) is -0.541. The zero-order valence-corrected chi connectivity index (χ0v) is 8.46. The minimum Gasteiger partial charge on any atom is -0.478 e. The topological polar surface area (TPSA) is 116 Å². The molecule has 8 nitrogen and oxygen atoms in total. The molecule has 0 aromatic carbocycles. The molecule has 0 bridgehead atoms. The fraction of sp³-hybridized carbons (Fsp3) is 0.111. The summed E-state index contributed by atoms with van der Waals surface area (Å²) in [5, 5.41) is 8.64. The van der Waals surface area contributed by atoms with Crippen LogP contribution in [0.4, 0.5) is 0 Å². The second kappa shape index (κ2) is 4.92. The van der Waals surface area contributed by atoms with Gasteiger partial charge in [-0.05, 0) is 6.92 Å². The number of esters is 1. The van der Waals surface area contributed by atoms with Crippen LogP contribution >= 0.6 is 0 Å². The standard InChI is InChI=1S/C9H6O8/c1-4(8(12)13)7-9(14)17-16-6(11)3-2-5(10)15-7/h2-3H,1H3,(H,12,13)/b3-2-,7-4+. The summed E-state index contributed by atoms with van der Waals surface area (Å²) in [5.74, 6) is -5.95. The van der Waals surface area contributed by atoms with E-state index >= 15 is 0 Å². The first-order valence-corrected chi connectivity index (χ1v) is 4.18. The lowest BCUT2D eigenvalue weighted by molar-refractivity contribution is -0.253. The van der Waals surface area contributed by atoms with E-state index in [1.165, 1.54) is 0 Å². The van der Waals surface area contributed by atoms with E-state index in [-0.39, 0.29) is 0 Å². The summed E-state index contributed by atoms with van der Waals surface area (Å²) in [6.07, 6.45) is 1.33. The van der Waals surface area contributed by atoms with Gasteiger partial charge in [0.25, 0.3) is 0 Å². The molecule has 90 valence electrons. The third-order valence-electron chi connectivity index (χ3n) is 1.60. The van der Waals surface area contributed by atoms with Crippen molar-refractivity contribution in [2.24, 2.45) is 0 Å². The molecule has 1 heterocycles. The number of carboxylic acids is 1. The highest BCUT2D eigenvalue weighted by molar-refractivity contribution is 6.01. The van der Waals surface area contributed by atoms with Gasteiger partial charge in [0.05, 0.1) is 5.57 Å². The van der Waals surface area contributed by atoms with Crippen LogP contribution in [0.25, 0.3) is 0 Å². The monoisotopic (exact) mass is 242 g/mol. The average molecular weight is 242 g/mol. The molecule has 0 radical (unpaired) electrons. The second-order valence-electron chi connectivity index (χ2n) is 2.79. The van der Waals surface area contributed by atoms with Gasteiger partial charge in [0.15, 0.2) is 0 Å². The van der Waals surface area contributed by atoms with Gasteiger partial charge in [0.2, 0.25) is 5.76 Å². The molecule has 0 aromatic rings. The summed E-state index contributed by atoms with van der Waals surface area (Å²) in [7, 11) is 0. The van der Waals surface area contributed by atoms with Gasteiger partial charge in [0, 0.05) is 12.2 Å². The van der Waals surface area contributed by atoms with E-state index in [1.54, 1.807) is 0 Å². The predicted molar refractivity (Wildman–Crippen MR) is 47.8 cm³/mol. The zero-order valence-electron chi connectivity index (χ0n) is 8.46. The summed E-state index contributed by atoms with van der Waals surface area (Å²) in [4.78, 5) is 51.6. The van der Waals surface area contributed by atoms with Crippen LogP contribution in [-0.4, -0.2) is 29.0 Å². The Kier molecular flexibility index (Phi) is 3.60. The maximum atomic E-state index is 11.2. The Hall–Kier alpha value is -2.64. The lowest BCUT2D eigenvalue weighted by atomic mass is 10.2. The average Bonchev–Trinajstić information content (AvgIpc) is 2.33. The van der Waals surface area contributed by atoms with Crippen LogP contribution in [0.2, 0.25) is 0 Å². The second-order valence-corrected chi connectivity index (χ2v) is 2.79. The molecule has 0 saturated heterocycles. The Morgan fingerprint density at radius 1 is 1.12 bits per heavy atom. The van der Waals surface area contributed by atoms with E-state index in [4.69, 9.17) is 5.11 Å². The molecule has 0 atom stereocenters. The molecule has 0 unspecified atom stereocenters. The summed E-state index contributed by atoms with van der Waals surface area (Å²) in [6, 6.07) is 0. The van der Waals surface area contributed by atoms with Gasteiger partial charge in [-0.15, -0.1) is 0 Å². The molecule has 1 aliphatic heterocycles. The van der Waals surface area contributed by atoms with Crippen LogP contribution in [0.1, 0.15) is 6.92 Å². The summed E-state index contributed by atoms with van der Waals surface area (Å²) < 4.78 is 4.42. The van der Waals surface area contributed by atoms with Crippen molar-refractivity contribution in [1.29, 1.82) is 0 Å². The molecule has 1 aliphatic rings. The first kappa shape index (κ1) is 12.4. The van der Waals surface area contributed by atoms with Gasteiger partial charge in [-0.25, -0.2) is 29.0 Å². The number of cyclic esters (lactones) is 1. The van der Waals surface area contributed by atoms with Crippen molar-refractivity contribution in [2.75, 3.05) is 0 Å². The van der Waals surface area contributed by atoms with Crippen molar-refractivity contribution in [2.45, 2.75) is 6.92 Å². The molecule has 1 rings (SSSR count). The smallest absolute Gasteiger partial charge is 0.421 e. The fourth-order valence-corrected chi connectivity index (χ4v) is 0.784. The number of carbonyl (C=O) groups excluding carboxylic acids is 3. The van der Waals surface area contributed by atoms with Crippen LogP contribution in [0, 0.1) is 0 Å². The number of hydrogen-bond donors (Lipinski definition) is 1. The highest BCUT2D eigenvalue weighted by Crippen LogP contribution is 2.11. The van der Waals surface area contributed by atoms with E-state index < -0.39 is 35.2 Å². The van der Waals surface area contributed by atoms with Crippen molar-refractivity contribution in [3.05, 3.63) is 23.5 Å². The lowest BCUT2D eigenvalue weighted by Gasteiger charge is -2.05. The van der Waals surface area contributed by atoms with E-state index in [1.807, 2.05) is 0 Å². The first-order valence-electron chi connectivity index (χ1n) is 4.18. The number of carboxylic acid groups (broad SMARTS) is 1. The van der Waals surface area contributed by atoms with Gasteiger partial charge in [-0.2, -0.15) is 0 Å². The van der Waals surface area contributed by atoms with E-state index in [0.717, 1.165) is 6.92 Å². The number of hydrogen-bond acceptors (Lipinski definition) is 7. The van der Waals surface area contributed by atoms with Crippen LogP contribution in [0.5, 0.6) is 0 Å². The van der Waals surface area contributed by atoms with E-state index in [0.29, 0.717) is 12.2 Å². The summed E-state index contributed by atoms with van der Waals surface area (Å²) in [5.41, 5.74) is -0.560. The molecule has 17 heavy (non-hydrogen) atoms. The van der Waals surface area contributed by atoms with Gasteiger partial charge in [-0.1, -0.05) is 0 Å². The Bertz CT molecular complexity index is 456. The normalized spacial score (nSPS) is 21.1. The third kappa shape index (κ3) is 3.16. The zero-order chi connectivity index (χ0) is 13.0. The first-order chi connectivity index (χ1) is 7.91. The maximum absolute atomic E-state index is 11.2. The summed E-state index contributed by atoms with van der Waals surface area (Å²) >= 11 is 0. The molecular weight excluding hydrogens is 236 g/mol. The number of carbonyl (C=O) groups is 4. The molecule has 8 heteroatoms. The van der Waals surface area contributed by atoms with Crippen molar-refractivity contribution in [3.8, 4) is 0 Å². The fourth-order valence-electron chi connectivity index (χ4n) is 0.784. The largest absolute Gasteiger partial charge is 0.478 e. The number of ether oxygens (including phenoxy) is 1. The highest BCUT2D eigenvalue weighted by atomic mass is 17.2. The van der Waals surface area contributed by atoms with Gasteiger partial charge in [0.1, 0.15) is 0 Å². The van der Waals surface area contributed by atoms with Crippen LogP contribution in [0.3, 0.4) is 0 Å². The number of rotatable bonds is 1. The molecular formula is C9H6O8. The number of aliphatic carboxylic acids is 1. The molecule has 0 saturated carbocycles. The van der Waals surface area contributed by atoms with Crippen molar-refractivity contribution >= 4 is 23.9 Å². The van der Waals surface area contributed by atoms with Crippen LogP contribution < -0.4 is 0 Å². The minimum atomic E-state index is -1.49. The Labute approximate surface area is 94.0 Å². The highest BCUT2D eigenvalue weighted by Gasteiger charge is 2.26. The SMILES string of the molecule is C/C(C(=O)O)=C1\OC(=O)/C=C\C(=O)OOC1=O. The van der Waals surface area contributed by atoms with Crippen LogP contribution in [-0.2, 0) is 33.7 Å².